The van der Waals surface area contributed by atoms with Crippen molar-refractivity contribution in [1.82, 2.24) is 10.2 Å². The second-order valence-electron chi connectivity index (χ2n) is 4.50. The van der Waals surface area contributed by atoms with E-state index in [1.807, 2.05) is 0 Å². The fourth-order valence-corrected chi connectivity index (χ4v) is 1.73. The highest BCUT2D eigenvalue weighted by molar-refractivity contribution is 6.30. The van der Waals surface area contributed by atoms with E-state index in [2.05, 4.69) is 15.4 Å². The zero-order chi connectivity index (χ0) is 16.5. The lowest BCUT2D eigenvalue weighted by atomic mass is 10.3. The molecule has 0 unspecified atom stereocenters. The maximum atomic E-state index is 11.8. The minimum atomic E-state index is -0.800. The molecule has 1 rings (SSSR count). The first kappa shape index (κ1) is 17.9. The topological polar surface area (TPSA) is 87.7 Å². The second-order valence-corrected chi connectivity index (χ2v) is 4.93. The number of hydrogen-bond donors (Lipinski definition) is 2. The molecular formula is C14H18ClN3O4. The molecule has 0 atom stereocenters. The number of benzene rings is 1. The van der Waals surface area contributed by atoms with Crippen LogP contribution < -0.4 is 10.6 Å². The molecule has 0 fully saturated rings. The third kappa shape index (κ3) is 7.05. The number of halogens is 1. The summed E-state index contributed by atoms with van der Waals surface area (Å²) in [7, 11) is 1.59. The molecule has 0 aliphatic rings. The van der Waals surface area contributed by atoms with Crippen LogP contribution in [0.25, 0.3) is 0 Å². The van der Waals surface area contributed by atoms with E-state index in [9.17, 15) is 14.4 Å². The smallest absolute Gasteiger partial charge is 0.413 e. The molecule has 0 saturated carbocycles. The molecule has 0 heterocycles. The van der Waals surface area contributed by atoms with Gasteiger partial charge >= 0.3 is 6.09 Å². The van der Waals surface area contributed by atoms with Gasteiger partial charge in [0, 0.05) is 10.7 Å². The molecule has 0 aliphatic carbocycles. The van der Waals surface area contributed by atoms with Crippen molar-refractivity contribution in [3.8, 4) is 0 Å². The van der Waals surface area contributed by atoms with Gasteiger partial charge in [0.1, 0.15) is 0 Å². The predicted molar refractivity (Wildman–Crippen MR) is 82.7 cm³/mol. The molecule has 7 nitrogen and oxygen atoms in total. The molecule has 0 saturated heterocycles. The van der Waals surface area contributed by atoms with Gasteiger partial charge in [0.2, 0.25) is 11.8 Å². The number of alkyl carbamates (subject to hydrolysis) is 1. The maximum absolute atomic E-state index is 11.8. The molecule has 1 aromatic carbocycles. The third-order valence-corrected chi connectivity index (χ3v) is 2.72. The summed E-state index contributed by atoms with van der Waals surface area (Å²) in [6.07, 6.45) is -0.800. The van der Waals surface area contributed by atoms with Crippen molar-refractivity contribution >= 4 is 35.2 Å². The van der Waals surface area contributed by atoms with Gasteiger partial charge < -0.3 is 10.1 Å². The number of carbonyl (C=O) groups excluding carboxylic acids is 3. The zero-order valence-corrected chi connectivity index (χ0v) is 13.1. The summed E-state index contributed by atoms with van der Waals surface area (Å²) in [5.74, 6) is -0.825. The van der Waals surface area contributed by atoms with Crippen molar-refractivity contribution in [2.75, 3.05) is 32.1 Å². The van der Waals surface area contributed by atoms with Crippen LogP contribution in [0.1, 0.15) is 6.92 Å². The van der Waals surface area contributed by atoms with Crippen molar-refractivity contribution in [3.05, 3.63) is 29.3 Å². The Labute approximate surface area is 133 Å². The number of ether oxygens (including phenoxy) is 1. The molecule has 2 N–H and O–H groups in total. The Morgan fingerprint density at radius 3 is 2.32 bits per heavy atom. The van der Waals surface area contributed by atoms with Crippen molar-refractivity contribution in [3.63, 3.8) is 0 Å². The Kier molecular flexibility index (Phi) is 7.34. The Morgan fingerprint density at radius 2 is 1.73 bits per heavy atom. The van der Waals surface area contributed by atoms with Crippen LogP contribution in [0, 0.1) is 0 Å². The van der Waals surface area contributed by atoms with Crippen molar-refractivity contribution in [1.29, 1.82) is 0 Å². The van der Waals surface area contributed by atoms with Gasteiger partial charge in [-0.3, -0.25) is 19.8 Å². The quantitative estimate of drug-likeness (QED) is 0.826. The monoisotopic (exact) mass is 327 g/mol. The summed E-state index contributed by atoms with van der Waals surface area (Å²) in [5, 5.41) is 5.30. The van der Waals surface area contributed by atoms with Crippen LogP contribution in [-0.4, -0.2) is 49.6 Å². The number of nitrogens with zero attached hydrogens (tertiary/aromatic N) is 1. The van der Waals surface area contributed by atoms with Crippen molar-refractivity contribution < 1.29 is 19.1 Å². The van der Waals surface area contributed by atoms with E-state index in [4.69, 9.17) is 11.6 Å². The molecule has 0 spiro atoms. The maximum Gasteiger partial charge on any atom is 0.413 e. The summed E-state index contributed by atoms with van der Waals surface area (Å²) in [5.41, 5.74) is 0.610. The van der Waals surface area contributed by atoms with E-state index in [0.29, 0.717) is 10.7 Å². The average molecular weight is 328 g/mol. The lowest BCUT2D eigenvalue weighted by Crippen LogP contribution is -2.41. The van der Waals surface area contributed by atoms with Crippen LogP contribution >= 0.6 is 11.6 Å². The largest absolute Gasteiger partial charge is 0.450 e. The van der Waals surface area contributed by atoms with Crippen LogP contribution in [0.5, 0.6) is 0 Å². The van der Waals surface area contributed by atoms with Gasteiger partial charge in [-0.25, -0.2) is 4.79 Å². The summed E-state index contributed by atoms with van der Waals surface area (Å²) in [6.45, 7) is 1.71. The first-order chi connectivity index (χ1) is 10.4. The SMILES string of the molecule is CCOC(=O)NC(=O)CN(C)CC(=O)Nc1ccc(Cl)cc1. The third-order valence-electron chi connectivity index (χ3n) is 2.47. The Hall–Kier alpha value is -2.12. The molecule has 0 bridgehead atoms. The number of amides is 3. The van der Waals surface area contributed by atoms with Gasteiger partial charge in [0.25, 0.3) is 0 Å². The molecule has 1 aromatic rings. The highest BCUT2D eigenvalue weighted by atomic mass is 35.5. The van der Waals surface area contributed by atoms with Crippen LogP contribution in [0.15, 0.2) is 24.3 Å². The first-order valence-corrected chi connectivity index (χ1v) is 6.99. The lowest BCUT2D eigenvalue weighted by Gasteiger charge is -2.15. The lowest BCUT2D eigenvalue weighted by molar-refractivity contribution is -0.122. The zero-order valence-electron chi connectivity index (χ0n) is 12.4. The van der Waals surface area contributed by atoms with Gasteiger partial charge in [-0.15, -0.1) is 0 Å². The number of carbonyl (C=O) groups is 3. The van der Waals surface area contributed by atoms with Gasteiger partial charge in [-0.1, -0.05) is 11.6 Å². The van der Waals surface area contributed by atoms with Gasteiger partial charge in [0.15, 0.2) is 0 Å². The number of rotatable bonds is 6. The van der Waals surface area contributed by atoms with Crippen molar-refractivity contribution in [2.45, 2.75) is 6.92 Å². The average Bonchev–Trinajstić information content (AvgIpc) is 2.40. The summed E-state index contributed by atoms with van der Waals surface area (Å²) < 4.78 is 4.58. The fraction of sp³-hybridized carbons (Fsp3) is 0.357. The van der Waals surface area contributed by atoms with E-state index < -0.39 is 12.0 Å². The highest BCUT2D eigenvalue weighted by Gasteiger charge is 2.13. The molecule has 0 radical (unpaired) electrons. The molecule has 3 amide bonds. The van der Waals surface area contributed by atoms with Crippen molar-refractivity contribution in [2.24, 2.45) is 0 Å². The fourth-order valence-electron chi connectivity index (χ4n) is 1.60. The Morgan fingerprint density at radius 1 is 1.14 bits per heavy atom. The van der Waals surface area contributed by atoms with Crippen LogP contribution in [-0.2, 0) is 14.3 Å². The van der Waals surface area contributed by atoms with Gasteiger partial charge in [0.05, 0.1) is 19.7 Å². The highest BCUT2D eigenvalue weighted by Crippen LogP contribution is 2.13. The summed E-state index contributed by atoms with van der Waals surface area (Å²) in [6, 6.07) is 6.67. The molecule has 0 aromatic heterocycles. The first-order valence-electron chi connectivity index (χ1n) is 6.61. The van der Waals surface area contributed by atoms with Crippen LogP contribution in [0.4, 0.5) is 10.5 Å². The summed E-state index contributed by atoms with van der Waals surface area (Å²) >= 11 is 5.75. The number of anilines is 1. The minimum Gasteiger partial charge on any atom is -0.450 e. The number of imide groups is 1. The molecule has 8 heteroatoms. The molecule has 22 heavy (non-hydrogen) atoms. The standard InChI is InChI=1S/C14H18ClN3O4/c1-3-22-14(21)17-13(20)9-18(2)8-12(19)16-11-6-4-10(15)5-7-11/h4-7H,3,8-9H2,1-2H3,(H,16,19)(H,17,20,21). The van der Waals surface area contributed by atoms with E-state index >= 15 is 0 Å². The van der Waals surface area contributed by atoms with Crippen LogP contribution in [0.2, 0.25) is 5.02 Å². The molecular weight excluding hydrogens is 310 g/mol. The van der Waals surface area contributed by atoms with Gasteiger partial charge in [-0.05, 0) is 38.2 Å². The second kappa shape index (κ2) is 9.01. The minimum absolute atomic E-state index is 0.00112. The predicted octanol–water partition coefficient (Wildman–Crippen LogP) is 1.48. The van der Waals surface area contributed by atoms with Crippen LogP contribution in [0.3, 0.4) is 0 Å². The number of likely N-dealkylation sites (N-methyl/N-ethyl adjacent to an activating group) is 1. The summed E-state index contributed by atoms with van der Waals surface area (Å²) in [4.78, 5) is 35.9. The number of hydrogen-bond acceptors (Lipinski definition) is 5. The Bertz CT molecular complexity index is 533. The van der Waals surface area contributed by atoms with E-state index in [-0.39, 0.29) is 25.6 Å². The molecule has 120 valence electrons. The van der Waals surface area contributed by atoms with E-state index in [0.717, 1.165) is 0 Å². The Balaban J connectivity index is 2.36. The van der Waals surface area contributed by atoms with E-state index in [1.165, 1.54) is 4.90 Å². The normalized spacial score (nSPS) is 10.2. The number of nitrogens with one attached hydrogen (secondary N) is 2. The molecule has 0 aliphatic heterocycles. The van der Waals surface area contributed by atoms with Gasteiger partial charge in [-0.2, -0.15) is 0 Å². The van der Waals surface area contributed by atoms with E-state index in [1.54, 1.807) is 38.2 Å².